The van der Waals surface area contributed by atoms with Crippen LogP contribution in [0.5, 0.6) is 0 Å². The molecule has 1 saturated heterocycles. The van der Waals surface area contributed by atoms with Gasteiger partial charge in [-0.15, -0.1) is 0 Å². The summed E-state index contributed by atoms with van der Waals surface area (Å²) < 4.78 is 10.0. The lowest BCUT2D eigenvalue weighted by Gasteiger charge is -2.33. The Kier molecular flexibility index (Phi) is 4.59. The van der Waals surface area contributed by atoms with Crippen molar-refractivity contribution in [3.63, 3.8) is 0 Å². The first kappa shape index (κ1) is 17.2. The van der Waals surface area contributed by atoms with E-state index in [1.165, 1.54) is 19.3 Å². The largest absolute Gasteiger partial charge is 0.467 e. The quantitative estimate of drug-likeness (QED) is 0.828. The van der Waals surface area contributed by atoms with Gasteiger partial charge >= 0.3 is 12.1 Å². The number of aliphatic hydroxyl groups is 1. The third kappa shape index (κ3) is 3.28. The van der Waals surface area contributed by atoms with Crippen molar-refractivity contribution in [2.75, 3.05) is 7.11 Å². The average Bonchev–Trinajstić information content (AvgIpc) is 2.93. The SMILES string of the molecule is COC(=O)[C@@H]1C[C@@]2(O)C=CC(=O)C[C@H]2N1C(=O)OCc1ccccc1. The number of ether oxygens (including phenoxy) is 2. The Balaban J connectivity index is 1.82. The molecule has 7 nitrogen and oxygen atoms in total. The van der Waals surface area contributed by atoms with Crippen molar-refractivity contribution in [2.45, 2.75) is 37.1 Å². The molecule has 1 aliphatic heterocycles. The summed E-state index contributed by atoms with van der Waals surface area (Å²) in [6, 6.07) is 7.24. The number of benzene rings is 1. The predicted molar refractivity (Wildman–Crippen MR) is 86.4 cm³/mol. The van der Waals surface area contributed by atoms with E-state index in [0.29, 0.717) is 0 Å². The van der Waals surface area contributed by atoms with Crippen molar-refractivity contribution >= 4 is 17.8 Å². The van der Waals surface area contributed by atoms with Crippen molar-refractivity contribution in [3.8, 4) is 0 Å². The van der Waals surface area contributed by atoms with Crippen LogP contribution in [0.1, 0.15) is 18.4 Å². The summed E-state index contributed by atoms with van der Waals surface area (Å²) in [5.74, 6) is -0.874. The van der Waals surface area contributed by atoms with Crippen LogP contribution < -0.4 is 0 Å². The third-order valence-electron chi connectivity index (χ3n) is 4.61. The number of fused-ring (bicyclic) bond motifs is 1. The van der Waals surface area contributed by atoms with Crippen LogP contribution in [0.15, 0.2) is 42.5 Å². The molecule has 0 spiro atoms. The van der Waals surface area contributed by atoms with Gasteiger partial charge in [0, 0.05) is 12.8 Å². The van der Waals surface area contributed by atoms with E-state index in [9.17, 15) is 19.5 Å². The molecule has 132 valence electrons. The van der Waals surface area contributed by atoms with Gasteiger partial charge in [-0.2, -0.15) is 0 Å². The number of hydrogen-bond donors (Lipinski definition) is 1. The van der Waals surface area contributed by atoms with Crippen molar-refractivity contribution in [1.82, 2.24) is 4.90 Å². The minimum Gasteiger partial charge on any atom is -0.467 e. The summed E-state index contributed by atoms with van der Waals surface area (Å²) >= 11 is 0. The van der Waals surface area contributed by atoms with Crippen LogP contribution in [-0.2, 0) is 25.7 Å². The molecule has 0 bridgehead atoms. The molecule has 1 aromatic carbocycles. The number of amides is 1. The highest BCUT2D eigenvalue weighted by Crippen LogP contribution is 2.40. The minimum atomic E-state index is -1.45. The smallest absolute Gasteiger partial charge is 0.411 e. The Bertz CT molecular complexity index is 716. The summed E-state index contributed by atoms with van der Waals surface area (Å²) in [5.41, 5.74) is -0.655. The monoisotopic (exact) mass is 345 g/mol. The normalized spacial score (nSPS) is 27.8. The first-order valence-electron chi connectivity index (χ1n) is 7.96. The average molecular weight is 345 g/mol. The highest BCUT2D eigenvalue weighted by molar-refractivity contribution is 5.93. The number of carbonyl (C=O) groups excluding carboxylic acids is 3. The van der Waals surface area contributed by atoms with Gasteiger partial charge in [0.2, 0.25) is 0 Å². The van der Waals surface area contributed by atoms with Crippen LogP contribution in [0.4, 0.5) is 4.79 Å². The van der Waals surface area contributed by atoms with Crippen molar-refractivity contribution < 1.29 is 29.0 Å². The van der Waals surface area contributed by atoms with E-state index in [-0.39, 0.29) is 25.2 Å². The fourth-order valence-electron chi connectivity index (χ4n) is 3.33. The van der Waals surface area contributed by atoms with E-state index < -0.39 is 29.7 Å². The zero-order chi connectivity index (χ0) is 18.0. The number of methoxy groups -OCH3 is 1. The predicted octanol–water partition coefficient (Wildman–Crippen LogP) is 1.20. The second-order valence-electron chi connectivity index (χ2n) is 6.20. The van der Waals surface area contributed by atoms with Gasteiger partial charge in [-0.25, -0.2) is 9.59 Å². The third-order valence-corrected chi connectivity index (χ3v) is 4.61. The number of allylic oxidation sites excluding steroid dienone is 1. The van der Waals surface area contributed by atoms with Gasteiger partial charge in [0.05, 0.1) is 13.2 Å². The molecule has 0 saturated carbocycles. The van der Waals surface area contributed by atoms with Gasteiger partial charge < -0.3 is 14.6 Å². The zero-order valence-corrected chi connectivity index (χ0v) is 13.8. The number of likely N-dealkylation sites (tertiary alicyclic amines) is 1. The highest BCUT2D eigenvalue weighted by atomic mass is 16.6. The van der Waals surface area contributed by atoms with Crippen LogP contribution in [-0.4, -0.2) is 52.6 Å². The molecule has 1 heterocycles. The fraction of sp³-hybridized carbons (Fsp3) is 0.389. The maximum Gasteiger partial charge on any atom is 0.411 e. The van der Waals surface area contributed by atoms with Crippen LogP contribution in [0.3, 0.4) is 0 Å². The Hall–Kier alpha value is -2.67. The van der Waals surface area contributed by atoms with Crippen molar-refractivity contribution in [3.05, 3.63) is 48.0 Å². The van der Waals surface area contributed by atoms with E-state index >= 15 is 0 Å². The molecule has 0 unspecified atom stereocenters. The molecule has 1 amide bonds. The number of carbonyl (C=O) groups is 3. The molecule has 25 heavy (non-hydrogen) atoms. The first-order valence-corrected chi connectivity index (χ1v) is 7.96. The molecule has 3 atom stereocenters. The Morgan fingerprint density at radius 2 is 2.04 bits per heavy atom. The molecule has 0 radical (unpaired) electrons. The van der Waals surface area contributed by atoms with E-state index in [2.05, 4.69) is 0 Å². The zero-order valence-electron chi connectivity index (χ0n) is 13.8. The summed E-state index contributed by atoms with van der Waals surface area (Å²) in [6.45, 7) is 0.0268. The maximum absolute atomic E-state index is 12.6. The number of esters is 1. The van der Waals surface area contributed by atoms with Crippen LogP contribution >= 0.6 is 0 Å². The summed E-state index contributed by atoms with van der Waals surface area (Å²) in [7, 11) is 1.21. The van der Waals surface area contributed by atoms with E-state index in [1.807, 2.05) is 18.2 Å². The second kappa shape index (κ2) is 6.68. The number of rotatable bonds is 3. The Morgan fingerprint density at radius 1 is 1.32 bits per heavy atom. The Morgan fingerprint density at radius 3 is 2.72 bits per heavy atom. The van der Waals surface area contributed by atoms with Crippen molar-refractivity contribution in [1.29, 1.82) is 0 Å². The van der Waals surface area contributed by atoms with Gasteiger partial charge in [-0.1, -0.05) is 30.3 Å². The van der Waals surface area contributed by atoms with Gasteiger partial charge in [0.1, 0.15) is 18.2 Å². The summed E-state index contributed by atoms with van der Waals surface area (Å²) in [6.07, 6.45) is 1.77. The summed E-state index contributed by atoms with van der Waals surface area (Å²) in [4.78, 5) is 37.6. The topological polar surface area (TPSA) is 93.1 Å². The molecule has 3 rings (SSSR count). The second-order valence-corrected chi connectivity index (χ2v) is 6.20. The van der Waals surface area contributed by atoms with E-state index in [0.717, 1.165) is 10.5 Å². The number of ketones is 1. The minimum absolute atomic E-state index is 0.0268. The molecular weight excluding hydrogens is 326 g/mol. The van der Waals surface area contributed by atoms with Gasteiger partial charge in [0.15, 0.2) is 5.78 Å². The molecule has 7 heteroatoms. The van der Waals surface area contributed by atoms with Gasteiger partial charge in [-0.05, 0) is 17.7 Å². The molecule has 1 N–H and O–H groups in total. The van der Waals surface area contributed by atoms with Crippen LogP contribution in [0.25, 0.3) is 0 Å². The summed E-state index contributed by atoms with van der Waals surface area (Å²) in [5, 5.41) is 10.8. The van der Waals surface area contributed by atoms with E-state index in [4.69, 9.17) is 9.47 Å². The molecule has 0 aromatic heterocycles. The van der Waals surface area contributed by atoms with Gasteiger partial charge in [-0.3, -0.25) is 9.69 Å². The maximum atomic E-state index is 12.6. The highest BCUT2D eigenvalue weighted by Gasteiger charge is 2.57. The lowest BCUT2D eigenvalue weighted by Crippen LogP contribution is -2.51. The first-order chi connectivity index (χ1) is 11.9. The molecule has 1 fully saturated rings. The fourth-order valence-corrected chi connectivity index (χ4v) is 3.33. The number of nitrogens with zero attached hydrogens (tertiary/aromatic N) is 1. The van der Waals surface area contributed by atoms with Crippen LogP contribution in [0, 0.1) is 0 Å². The van der Waals surface area contributed by atoms with Crippen molar-refractivity contribution in [2.24, 2.45) is 0 Å². The van der Waals surface area contributed by atoms with E-state index in [1.54, 1.807) is 12.1 Å². The molecular formula is C18H19NO6. The lowest BCUT2D eigenvalue weighted by atomic mass is 9.85. The standard InChI is InChI=1S/C18H19NO6/c1-24-16(21)14-10-18(23)8-7-13(20)9-15(18)19(14)17(22)25-11-12-5-3-2-4-6-12/h2-8,14-15,23H,9-11H2,1H3/t14-,15+,18-/m0/s1. The van der Waals surface area contributed by atoms with Crippen LogP contribution in [0.2, 0.25) is 0 Å². The Labute approximate surface area is 144 Å². The lowest BCUT2D eigenvalue weighted by molar-refractivity contribution is -0.146. The molecule has 1 aromatic rings. The molecule has 2 aliphatic rings. The number of hydrogen-bond acceptors (Lipinski definition) is 6. The van der Waals surface area contributed by atoms with Gasteiger partial charge in [0.25, 0.3) is 0 Å². The molecule has 1 aliphatic carbocycles.